The molecule has 6 heteroatoms. The van der Waals surface area contributed by atoms with Gasteiger partial charge in [0, 0.05) is 17.6 Å². The smallest absolute Gasteiger partial charge is 0.245 e. The minimum absolute atomic E-state index is 0.0207. The number of carbonyl (C=O) groups is 2. The Kier molecular flexibility index (Phi) is 6.17. The number of rotatable bonds is 6. The Balaban J connectivity index is 1.67. The molecule has 1 aromatic heterocycles. The van der Waals surface area contributed by atoms with E-state index >= 15 is 0 Å². The topological polar surface area (TPSA) is 62.3 Å². The maximum absolute atomic E-state index is 12.9. The van der Waals surface area contributed by atoms with Crippen molar-refractivity contribution in [2.75, 3.05) is 11.9 Å². The summed E-state index contributed by atoms with van der Waals surface area (Å²) in [6.45, 7) is 0.0932. The molecular weight excluding hydrogens is 334 g/mol. The largest absolute Gasteiger partial charge is 0.330 e. The van der Waals surface area contributed by atoms with Crippen molar-refractivity contribution in [1.82, 2.24) is 9.88 Å². The van der Waals surface area contributed by atoms with Gasteiger partial charge in [-0.15, -0.1) is 11.3 Å². The fraction of sp³-hybridized carbons (Fsp3) is 0.421. The van der Waals surface area contributed by atoms with Crippen molar-refractivity contribution in [2.45, 2.75) is 44.6 Å². The molecule has 25 heavy (non-hydrogen) atoms. The number of amides is 2. The molecule has 3 rings (SSSR count). The summed E-state index contributed by atoms with van der Waals surface area (Å²) in [5.74, 6) is -0.158. The first-order chi connectivity index (χ1) is 12.2. The van der Waals surface area contributed by atoms with Gasteiger partial charge in [-0.2, -0.15) is 0 Å². The molecule has 5 nitrogen and oxygen atoms in total. The number of hydrogen-bond acceptors (Lipinski definition) is 4. The highest BCUT2D eigenvalue weighted by atomic mass is 32.1. The van der Waals surface area contributed by atoms with Crippen molar-refractivity contribution in [3.05, 3.63) is 47.5 Å². The van der Waals surface area contributed by atoms with Gasteiger partial charge in [0.25, 0.3) is 0 Å². The first-order valence-electron chi connectivity index (χ1n) is 8.75. The van der Waals surface area contributed by atoms with Crippen LogP contribution in [-0.2, 0) is 16.0 Å². The zero-order chi connectivity index (χ0) is 17.5. The van der Waals surface area contributed by atoms with Crippen LogP contribution < -0.4 is 5.32 Å². The molecule has 2 amide bonds. The summed E-state index contributed by atoms with van der Waals surface area (Å²) < 4.78 is 0. The van der Waals surface area contributed by atoms with Crippen LogP contribution in [-0.4, -0.2) is 34.3 Å². The molecule has 1 saturated carbocycles. The van der Waals surface area contributed by atoms with Crippen molar-refractivity contribution >= 4 is 28.3 Å². The Morgan fingerprint density at radius 2 is 1.92 bits per heavy atom. The molecule has 1 aliphatic carbocycles. The van der Waals surface area contributed by atoms with E-state index in [1.807, 2.05) is 35.7 Å². The van der Waals surface area contributed by atoms with Crippen molar-refractivity contribution in [1.29, 1.82) is 0 Å². The Morgan fingerprint density at radius 1 is 1.16 bits per heavy atom. The predicted molar refractivity (Wildman–Crippen MR) is 99.5 cm³/mol. The maximum Gasteiger partial charge on any atom is 0.245 e. The summed E-state index contributed by atoms with van der Waals surface area (Å²) in [5.41, 5.74) is 0.980. The molecule has 0 saturated heterocycles. The number of nitrogens with one attached hydrogen (secondary N) is 1. The first kappa shape index (κ1) is 17.6. The molecule has 0 bridgehead atoms. The lowest BCUT2D eigenvalue weighted by Gasteiger charge is -2.34. The van der Waals surface area contributed by atoms with Gasteiger partial charge < -0.3 is 10.2 Å². The number of anilines is 1. The number of nitrogens with zero attached hydrogens (tertiary/aromatic N) is 2. The van der Waals surface area contributed by atoms with E-state index in [-0.39, 0.29) is 24.4 Å². The maximum atomic E-state index is 12.9. The van der Waals surface area contributed by atoms with E-state index in [1.54, 1.807) is 11.1 Å². The summed E-state index contributed by atoms with van der Waals surface area (Å²) in [4.78, 5) is 31.1. The van der Waals surface area contributed by atoms with Crippen molar-refractivity contribution in [3.63, 3.8) is 0 Å². The molecule has 2 aromatic rings. The lowest BCUT2D eigenvalue weighted by atomic mass is 9.93. The van der Waals surface area contributed by atoms with Gasteiger partial charge in [0.15, 0.2) is 5.13 Å². The highest BCUT2D eigenvalue weighted by molar-refractivity contribution is 7.13. The Bertz CT molecular complexity index is 682. The average Bonchev–Trinajstić information content (AvgIpc) is 3.14. The monoisotopic (exact) mass is 357 g/mol. The van der Waals surface area contributed by atoms with Crippen LogP contribution in [0.15, 0.2) is 41.9 Å². The van der Waals surface area contributed by atoms with Crippen LogP contribution in [0.5, 0.6) is 0 Å². The molecule has 132 valence electrons. The number of carbonyl (C=O) groups excluding carboxylic acids is 2. The number of benzene rings is 1. The van der Waals surface area contributed by atoms with Gasteiger partial charge in [-0.25, -0.2) is 4.98 Å². The standard InChI is InChI=1S/C19H23N3O2S/c23-17(21-19-20-11-12-25-19)14-22(16-9-5-2-6-10-16)18(24)13-15-7-3-1-4-8-15/h1,3-4,7-8,11-12,16H,2,5-6,9-10,13-14H2,(H,20,21,23). The molecule has 1 aliphatic rings. The van der Waals surface area contributed by atoms with Crippen molar-refractivity contribution in [3.8, 4) is 0 Å². The Hall–Kier alpha value is -2.21. The normalized spacial score (nSPS) is 14.9. The first-order valence-corrected chi connectivity index (χ1v) is 9.63. The van der Waals surface area contributed by atoms with Gasteiger partial charge in [-0.1, -0.05) is 49.6 Å². The molecule has 1 heterocycles. The molecule has 1 aromatic carbocycles. The quantitative estimate of drug-likeness (QED) is 0.861. The van der Waals surface area contributed by atoms with Crippen LogP contribution >= 0.6 is 11.3 Å². The third-order valence-corrected chi connectivity index (χ3v) is 5.22. The molecule has 0 spiro atoms. The van der Waals surface area contributed by atoms with E-state index in [2.05, 4.69) is 10.3 Å². The highest BCUT2D eigenvalue weighted by Crippen LogP contribution is 2.23. The zero-order valence-electron chi connectivity index (χ0n) is 14.2. The minimum atomic E-state index is -0.179. The van der Waals surface area contributed by atoms with Crippen LogP contribution in [0, 0.1) is 0 Å². The van der Waals surface area contributed by atoms with Crippen molar-refractivity contribution < 1.29 is 9.59 Å². The van der Waals surface area contributed by atoms with E-state index in [0.29, 0.717) is 11.6 Å². The second kappa shape index (κ2) is 8.76. The van der Waals surface area contributed by atoms with Crippen LogP contribution in [0.25, 0.3) is 0 Å². The van der Waals surface area contributed by atoms with E-state index < -0.39 is 0 Å². The third-order valence-electron chi connectivity index (χ3n) is 4.53. The highest BCUT2D eigenvalue weighted by Gasteiger charge is 2.27. The summed E-state index contributed by atoms with van der Waals surface area (Å²) in [5, 5.41) is 5.17. The second-order valence-electron chi connectivity index (χ2n) is 6.36. The fourth-order valence-electron chi connectivity index (χ4n) is 3.28. The third kappa shape index (κ3) is 5.13. The SMILES string of the molecule is O=C(CN(C(=O)Cc1ccccc1)C1CCCCC1)Nc1nccs1. The van der Waals surface area contributed by atoms with Gasteiger partial charge in [0.2, 0.25) is 11.8 Å². The van der Waals surface area contributed by atoms with Crippen LogP contribution in [0.4, 0.5) is 5.13 Å². The van der Waals surface area contributed by atoms with E-state index in [4.69, 9.17) is 0 Å². The zero-order valence-corrected chi connectivity index (χ0v) is 15.0. The minimum Gasteiger partial charge on any atom is -0.330 e. The molecule has 1 fully saturated rings. The molecule has 0 atom stereocenters. The average molecular weight is 357 g/mol. The van der Waals surface area contributed by atoms with Gasteiger partial charge in [-0.3, -0.25) is 9.59 Å². The van der Waals surface area contributed by atoms with E-state index in [0.717, 1.165) is 31.2 Å². The lowest BCUT2D eigenvalue weighted by Crippen LogP contribution is -2.46. The Labute approximate surface area is 152 Å². The lowest BCUT2D eigenvalue weighted by molar-refractivity contribution is -0.137. The van der Waals surface area contributed by atoms with Gasteiger partial charge in [-0.05, 0) is 18.4 Å². The molecule has 1 N–H and O–H groups in total. The van der Waals surface area contributed by atoms with Gasteiger partial charge in [0.1, 0.15) is 6.54 Å². The summed E-state index contributed by atoms with van der Waals surface area (Å²) in [6, 6.07) is 9.87. The van der Waals surface area contributed by atoms with Gasteiger partial charge in [0.05, 0.1) is 6.42 Å². The molecule has 0 radical (unpaired) electrons. The molecular formula is C19H23N3O2S. The second-order valence-corrected chi connectivity index (χ2v) is 7.26. The predicted octanol–water partition coefficient (Wildman–Crippen LogP) is 3.49. The summed E-state index contributed by atoms with van der Waals surface area (Å²) in [7, 11) is 0. The van der Waals surface area contributed by atoms with Crippen LogP contribution in [0.2, 0.25) is 0 Å². The molecule has 0 unspecified atom stereocenters. The van der Waals surface area contributed by atoms with Crippen LogP contribution in [0.1, 0.15) is 37.7 Å². The Morgan fingerprint density at radius 3 is 2.60 bits per heavy atom. The van der Waals surface area contributed by atoms with Gasteiger partial charge >= 0.3 is 0 Å². The van der Waals surface area contributed by atoms with E-state index in [9.17, 15) is 9.59 Å². The molecule has 0 aliphatic heterocycles. The van der Waals surface area contributed by atoms with E-state index in [1.165, 1.54) is 17.8 Å². The number of thiazole rings is 1. The summed E-state index contributed by atoms with van der Waals surface area (Å²) in [6.07, 6.45) is 7.39. The number of hydrogen-bond donors (Lipinski definition) is 1. The van der Waals surface area contributed by atoms with Crippen LogP contribution in [0.3, 0.4) is 0 Å². The fourth-order valence-corrected chi connectivity index (χ4v) is 3.83. The van der Waals surface area contributed by atoms with Crippen molar-refractivity contribution in [2.24, 2.45) is 0 Å². The summed E-state index contributed by atoms with van der Waals surface area (Å²) >= 11 is 1.38. The number of aromatic nitrogens is 1.